The molecule has 0 radical (unpaired) electrons. The zero-order valence-corrected chi connectivity index (χ0v) is 11.9. The maximum absolute atomic E-state index is 14.9. The van der Waals surface area contributed by atoms with Gasteiger partial charge in [-0.2, -0.15) is 23.7 Å². The lowest BCUT2D eigenvalue weighted by molar-refractivity contribution is -0.256. The highest BCUT2D eigenvalue weighted by atomic mass is 19.3. The molecule has 0 aliphatic heterocycles. The zero-order valence-electron chi connectivity index (χ0n) is 11.9. The van der Waals surface area contributed by atoms with Gasteiger partial charge in [0.15, 0.2) is 5.60 Å². The Morgan fingerprint density at radius 2 is 1.75 bits per heavy atom. The molecule has 0 aliphatic carbocycles. The first-order valence-corrected chi connectivity index (χ1v) is 6.58. The van der Waals surface area contributed by atoms with Crippen LogP contribution >= 0.6 is 0 Å². The molecule has 11 heteroatoms. The quantitative estimate of drug-likeness (QED) is 0.707. The number of benzene rings is 1. The summed E-state index contributed by atoms with van der Waals surface area (Å²) in [7, 11) is 0. The molecule has 1 aromatic carbocycles. The molecule has 0 bridgehead atoms. The Labute approximate surface area is 132 Å². The second kappa shape index (κ2) is 5.67. The largest absolute Gasteiger partial charge is 0.379 e. The molecule has 0 aliphatic rings. The van der Waals surface area contributed by atoms with E-state index in [2.05, 4.69) is 20.2 Å². The van der Waals surface area contributed by atoms with Crippen molar-refractivity contribution in [2.75, 3.05) is 0 Å². The summed E-state index contributed by atoms with van der Waals surface area (Å²) in [5.74, 6) is -2.30. The SMILES string of the molecule is OC(Cn1cncn1)(c1ccc(F)cc1F)C(F)(F)n1cncn1. The first-order valence-electron chi connectivity index (χ1n) is 6.58. The van der Waals surface area contributed by atoms with E-state index in [1.165, 1.54) is 0 Å². The molecule has 24 heavy (non-hydrogen) atoms. The highest BCUT2D eigenvalue weighted by Crippen LogP contribution is 2.43. The van der Waals surface area contributed by atoms with E-state index in [4.69, 9.17) is 0 Å². The summed E-state index contributed by atoms with van der Waals surface area (Å²) in [5, 5.41) is 17.7. The summed E-state index contributed by atoms with van der Waals surface area (Å²) in [6.45, 7) is -0.859. The van der Waals surface area contributed by atoms with Crippen LogP contribution in [0.1, 0.15) is 5.56 Å². The average molecular weight is 342 g/mol. The Hall–Kier alpha value is -2.82. The third-order valence-electron chi connectivity index (χ3n) is 3.44. The van der Waals surface area contributed by atoms with Gasteiger partial charge in [0, 0.05) is 11.6 Å². The molecule has 0 fully saturated rings. The van der Waals surface area contributed by atoms with E-state index in [9.17, 15) is 22.7 Å². The topological polar surface area (TPSA) is 81.6 Å². The summed E-state index contributed by atoms with van der Waals surface area (Å²) in [5.41, 5.74) is -3.95. The molecule has 1 N–H and O–H groups in total. The fraction of sp³-hybridized carbons (Fsp3) is 0.231. The number of alkyl halides is 2. The fourth-order valence-corrected chi connectivity index (χ4v) is 2.26. The number of aliphatic hydroxyl groups is 1. The minimum Gasteiger partial charge on any atom is -0.375 e. The number of halogens is 4. The van der Waals surface area contributed by atoms with Crippen molar-refractivity contribution in [1.82, 2.24) is 29.5 Å². The molecule has 126 valence electrons. The van der Waals surface area contributed by atoms with Crippen molar-refractivity contribution in [1.29, 1.82) is 0 Å². The summed E-state index contributed by atoms with van der Waals surface area (Å²) < 4.78 is 58.0. The molecular weight excluding hydrogens is 332 g/mol. The molecule has 0 spiro atoms. The molecule has 1 unspecified atom stereocenters. The molecular formula is C13H10F4N6O. The first kappa shape index (κ1) is 16.1. The third kappa shape index (κ3) is 2.52. The highest BCUT2D eigenvalue weighted by Gasteiger charge is 2.58. The lowest BCUT2D eigenvalue weighted by atomic mass is 9.90. The van der Waals surface area contributed by atoms with Crippen molar-refractivity contribution >= 4 is 0 Å². The van der Waals surface area contributed by atoms with Crippen molar-refractivity contribution in [3.05, 3.63) is 60.7 Å². The van der Waals surface area contributed by atoms with E-state index >= 15 is 0 Å². The normalized spacial score (nSPS) is 14.5. The van der Waals surface area contributed by atoms with Crippen molar-refractivity contribution in [2.45, 2.75) is 18.2 Å². The molecule has 3 aromatic rings. The van der Waals surface area contributed by atoms with Gasteiger partial charge in [0.05, 0.1) is 6.54 Å². The molecule has 1 atom stereocenters. The minimum absolute atomic E-state index is 0.0900. The van der Waals surface area contributed by atoms with Gasteiger partial charge in [-0.05, 0) is 12.1 Å². The van der Waals surface area contributed by atoms with Crippen LogP contribution < -0.4 is 0 Å². The maximum Gasteiger partial charge on any atom is 0.379 e. The van der Waals surface area contributed by atoms with Crippen molar-refractivity contribution < 1.29 is 22.7 Å². The van der Waals surface area contributed by atoms with Crippen LogP contribution in [0.2, 0.25) is 0 Å². The van der Waals surface area contributed by atoms with E-state index in [0.717, 1.165) is 35.8 Å². The Bertz CT molecular complexity index is 823. The van der Waals surface area contributed by atoms with Crippen LogP contribution in [0.5, 0.6) is 0 Å². The van der Waals surface area contributed by atoms with Gasteiger partial charge in [0.25, 0.3) is 0 Å². The van der Waals surface area contributed by atoms with Crippen molar-refractivity contribution in [2.24, 2.45) is 0 Å². The van der Waals surface area contributed by atoms with Gasteiger partial charge in [-0.15, -0.1) is 0 Å². The number of hydrogen-bond donors (Lipinski definition) is 1. The van der Waals surface area contributed by atoms with E-state index in [1.54, 1.807) is 0 Å². The van der Waals surface area contributed by atoms with E-state index < -0.39 is 35.4 Å². The standard InChI is InChI=1S/C13H10F4N6O/c14-9-1-2-10(11(15)3-9)12(24,4-22-7-18-5-20-22)13(16,17)23-8-19-6-21-23/h1-3,5-8,24H,4H2. The van der Waals surface area contributed by atoms with Gasteiger partial charge in [-0.3, -0.25) is 0 Å². The second-order valence-corrected chi connectivity index (χ2v) is 4.96. The molecule has 0 saturated heterocycles. The average Bonchev–Trinajstić information content (AvgIpc) is 3.20. The van der Waals surface area contributed by atoms with Gasteiger partial charge in [-0.1, -0.05) is 0 Å². The maximum atomic E-state index is 14.9. The summed E-state index contributed by atoms with van der Waals surface area (Å²) in [4.78, 5) is 6.99. The summed E-state index contributed by atoms with van der Waals surface area (Å²) in [6.07, 6.45) is 3.65. The number of rotatable bonds is 5. The highest BCUT2D eigenvalue weighted by molar-refractivity contribution is 5.27. The van der Waals surface area contributed by atoms with Gasteiger partial charge in [0.1, 0.15) is 36.9 Å². The van der Waals surface area contributed by atoms with Gasteiger partial charge in [0.2, 0.25) is 0 Å². The number of aromatic nitrogens is 6. The van der Waals surface area contributed by atoms with Gasteiger partial charge < -0.3 is 5.11 Å². The molecule has 0 amide bonds. The molecule has 7 nitrogen and oxygen atoms in total. The zero-order chi connectivity index (χ0) is 17.4. The molecule has 2 heterocycles. The fourth-order valence-electron chi connectivity index (χ4n) is 2.26. The Morgan fingerprint density at radius 3 is 2.33 bits per heavy atom. The van der Waals surface area contributed by atoms with Crippen LogP contribution in [-0.2, 0) is 18.2 Å². The smallest absolute Gasteiger partial charge is 0.375 e. The van der Waals surface area contributed by atoms with Crippen LogP contribution in [-0.4, -0.2) is 34.6 Å². The monoisotopic (exact) mass is 342 g/mol. The van der Waals surface area contributed by atoms with E-state index in [0.29, 0.717) is 12.4 Å². The minimum atomic E-state index is -4.12. The van der Waals surface area contributed by atoms with E-state index in [1.807, 2.05) is 0 Å². The van der Waals surface area contributed by atoms with Crippen LogP contribution in [0, 0.1) is 11.6 Å². The Kier molecular flexibility index (Phi) is 3.79. The molecule has 3 rings (SSSR count). The lowest BCUT2D eigenvalue weighted by Crippen LogP contribution is -2.51. The lowest BCUT2D eigenvalue weighted by Gasteiger charge is -2.35. The Morgan fingerprint density at radius 1 is 1.04 bits per heavy atom. The first-order chi connectivity index (χ1) is 11.3. The van der Waals surface area contributed by atoms with Crippen molar-refractivity contribution in [3.63, 3.8) is 0 Å². The van der Waals surface area contributed by atoms with Crippen LogP contribution in [0.4, 0.5) is 17.6 Å². The van der Waals surface area contributed by atoms with Gasteiger partial charge in [-0.25, -0.2) is 23.4 Å². The second-order valence-electron chi connectivity index (χ2n) is 4.96. The number of hydrogen-bond acceptors (Lipinski definition) is 5. The third-order valence-corrected chi connectivity index (χ3v) is 3.44. The Balaban J connectivity index is 2.17. The number of nitrogens with zero attached hydrogens (tertiary/aromatic N) is 6. The predicted molar refractivity (Wildman–Crippen MR) is 70.5 cm³/mol. The molecule has 2 aromatic heterocycles. The molecule has 0 saturated carbocycles. The van der Waals surface area contributed by atoms with Crippen LogP contribution in [0.25, 0.3) is 0 Å². The predicted octanol–water partition coefficient (Wildman–Crippen LogP) is 1.29. The van der Waals surface area contributed by atoms with Gasteiger partial charge >= 0.3 is 6.05 Å². The van der Waals surface area contributed by atoms with Crippen molar-refractivity contribution in [3.8, 4) is 0 Å². The summed E-state index contributed by atoms with van der Waals surface area (Å²) in [6, 6.07) is -2.21. The van der Waals surface area contributed by atoms with Crippen LogP contribution in [0.3, 0.4) is 0 Å². The van der Waals surface area contributed by atoms with E-state index in [-0.39, 0.29) is 4.68 Å². The summed E-state index contributed by atoms with van der Waals surface area (Å²) >= 11 is 0. The van der Waals surface area contributed by atoms with Crippen LogP contribution in [0.15, 0.2) is 43.5 Å².